The van der Waals surface area contributed by atoms with Crippen molar-refractivity contribution >= 4 is 5.91 Å². The first kappa shape index (κ1) is 17.5. The summed E-state index contributed by atoms with van der Waals surface area (Å²) in [6.45, 7) is 5.28. The van der Waals surface area contributed by atoms with Crippen LogP contribution in [0, 0.1) is 17.8 Å². The highest BCUT2D eigenvalue weighted by Gasteiger charge is 2.33. The molecule has 23 heavy (non-hydrogen) atoms. The van der Waals surface area contributed by atoms with Gasteiger partial charge in [0.25, 0.3) is 5.91 Å². The molecule has 1 aromatic carbocycles. The largest absolute Gasteiger partial charge is 0.393 e. The number of carbonyl (C=O) groups is 1. The lowest BCUT2D eigenvalue weighted by Gasteiger charge is -2.37. The van der Waals surface area contributed by atoms with E-state index in [9.17, 15) is 15.0 Å². The molecule has 124 valence electrons. The summed E-state index contributed by atoms with van der Waals surface area (Å²) >= 11 is 0. The number of aliphatic hydroxyl groups is 2. The molecule has 0 saturated heterocycles. The van der Waals surface area contributed by atoms with Gasteiger partial charge in [0.2, 0.25) is 0 Å². The molecule has 3 N–H and O–H groups in total. The number of aliphatic hydroxyl groups excluding tert-OH is 1. The summed E-state index contributed by atoms with van der Waals surface area (Å²) in [7, 11) is 0. The fraction of sp³-hybridized carbons (Fsp3) is 0.526. The van der Waals surface area contributed by atoms with E-state index in [0.29, 0.717) is 17.0 Å². The maximum Gasteiger partial charge on any atom is 0.251 e. The van der Waals surface area contributed by atoms with E-state index in [1.54, 1.807) is 32.0 Å². The Balaban J connectivity index is 2.05. The van der Waals surface area contributed by atoms with Crippen LogP contribution in [0.4, 0.5) is 0 Å². The van der Waals surface area contributed by atoms with Gasteiger partial charge in [0, 0.05) is 17.2 Å². The minimum atomic E-state index is -1.06. The van der Waals surface area contributed by atoms with Gasteiger partial charge >= 0.3 is 0 Å². The third kappa shape index (κ3) is 5.09. The van der Waals surface area contributed by atoms with Crippen molar-refractivity contribution in [1.29, 1.82) is 0 Å². The molecule has 0 aromatic heterocycles. The Morgan fingerprint density at radius 2 is 2.13 bits per heavy atom. The average molecular weight is 315 g/mol. The number of hydrogen-bond donors (Lipinski definition) is 3. The second-order valence-corrected chi connectivity index (χ2v) is 6.76. The Morgan fingerprint density at radius 1 is 1.43 bits per heavy atom. The highest BCUT2D eigenvalue weighted by Crippen LogP contribution is 2.31. The summed E-state index contributed by atoms with van der Waals surface area (Å²) in [4.78, 5) is 12.4. The maximum absolute atomic E-state index is 12.4. The minimum Gasteiger partial charge on any atom is -0.393 e. The van der Waals surface area contributed by atoms with Gasteiger partial charge in [-0.1, -0.05) is 24.8 Å². The van der Waals surface area contributed by atoms with Gasteiger partial charge in [-0.05, 0) is 57.2 Å². The van der Waals surface area contributed by atoms with Crippen LogP contribution in [-0.2, 0) is 0 Å². The third-order valence-electron chi connectivity index (χ3n) is 4.11. The molecule has 1 saturated carbocycles. The molecule has 1 aliphatic carbocycles. The summed E-state index contributed by atoms with van der Waals surface area (Å²) in [5, 5.41) is 22.1. The van der Waals surface area contributed by atoms with Crippen molar-refractivity contribution in [2.75, 3.05) is 0 Å². The van der Waals surface area contributed by atoms with Crippen molar-refractivity contribution in [3.63, 3.8) is 0 Å². The summed E-state index contributed by atoms with van der Waals surface area (Å²) in [6, 6.07) is 7.19. The lowest BCUT2D eigenvalue weighted by atomic mass is 9.76. The van der Waals surface area contributed by atoms with E-state index in [1.807, 2.05) is 13.0 Å². The molecule has 0 aliphatic heterocycles. The summed E-state index contributed by atoms with van der Waals surface area (Å²) in [5.41, 5.74) is 0.203. The Hall–Kier alpha value is -1.83. The molecule has 0 heterocycles. The molecule has 0 bridgehead atoms. The Labute approximate surface area is 137 Å². The predicted molar refractivity (Wildman–Crippen MR) is 89.9 cm³/mol. The minimum absolute atomic E-state index is 0.0945. The van der Waals surface area contributed by atoms with Crippen LogP contribution >= 0.6 is 0 Å². The van der Waals surface area contributed by atoms with E-state index >= 15 is 0 Å². The monoisotopic (exact) mass is 315 g/mol. The van der Waals surface area contributed by atoms with E-state index in [0.717, 1.165) is 19.3 Å². The van der Waals surface area contributed by atoms with Gasteiger partial charge in [-0.2, -0.15) is 0 Å². The van der Waals surface area contributed by atoms with Crippen LogP contribution in [0.2, 0.25) is 0 Å². The van der Waals surface area contributed by atoms with E-state index in [1.165, 1.54) is 0 Å². The smallest absolute Gasteiger partial charge is 0.251 e. The second kappa shape index (κ2) is 7.16. The highest BCUT2D eigenvalue weighted by atomic mass is 16.3. The molecule has 4 heteroatoms. The number of rotatable bonds is 4. The summed E-state index contributed by atoms with van der Waals surface area (Å²) < 4.78 is 0. The third-order valence-corrected chi connectivity index (χ3v) is 4.11. The molecule has 2 rings (SSSR count). The number of hydrogen-bond acceptors (Lipinski definition) is 3. The SMILES string of the molecule is CCC(NC(=O)c1cccc(C#CC(C)(C)O)c1)C1CC(O)C1. The summed E-state index contributed by atoms with van der Waals surface area (Å²) in [6.07, 6.45) is 2.15. The zero-order valence-corrected chi connectivity index (χ0v) is 14.0. The molecule has 4 nitrogen and oxygen atoms in total. The van der Waals surface area contributed by atoms with Gasteiger partial charge in [0.05, 0.1) is 6.10 Å². The van der Waals surface area contributed by atoms with Gasteiger partial charge in [-0.3, -0.25) is 4.79 Å². The molecule has 1 aliphatic rings. The molecule has 1 amide bonds. The topological polar surface area (TPSA) is 69.6 Å². The average Bonchev–Trinajstić information content (AvgIpc) is 2.47. The van der Waals surface area contributed by atoms with Crippen LogP contribution in [0.1, 0.15) is 56.0 Å². The first-order valence-electron chi connectivity index (χ1n) is 8.13. The van der Waals surface area contributed by atoms with Crippen molar-refractivity contribution in [3.05, 3.63) is 35.4 Å². The summed E-state index contributed by atoms with van der Waals surface area (Å²) in [5.74, 6) is 5.87. The molecule has 1 fully saturated rings. The number of carbonyl (C=O) groups excluding carboxylic acids is 1. The first-order chi connectivity index (χ1) is 10.8. The van der Waals surface area contributed by atoms with Crippen molar-refractivity contribution < 1.29 is 15.0 Å². The predicted octanol–water partition coefficient (Wildman–Crippen LogP) is 2.09. The molecular formula is C19H25NO3. The fourth-order valence-electron chi connectivity index (χ4n) is 2.73. The van der Waals surface area contributed by atoms with Crippen LogP contribution in [0.25, 0.3) is 0 Å². The van der Waals surface area contributed by atoms with Crippen molar-refractivity contribution in [3.8, 4) is 11.8 Å². The molecule has 0 spiro atoms. The lowest BCUT2D eigenvalue weighted by Crippen LogP contribution is -2.46. The zero-order valence-electron chi connectivity index (χ0n) is 14.0. The van der Waals surface area contributed by atoms with Crippen LogP contribution in [0.5, 0.6) is 0 Å². The first-order valence-corrected chi connectivity index (χ1v) is 8.13. The quantitative estimate of drug-likeness (QED) is 0.745. The normalized spacial score (nSPS) is 21.6. The van der Waals surface area contributed by atoms with Gasteiger partial charge in [-0.25, -0.2) is 0 Å². The zero-order chi connectivity index (χ0) is 17.0. The number of benzene rings is 1. The fourth-order valence-corrected chi connectivity index (χ4v) is 2.73. The van der Waals surface area contributed by atoms with E-state index in [2.05, 4.69) is 17.2 Å². The van der Waals surface area contributed by atoms with Crippen LogP contribution < -0.4 is 5.32 Å². The molecule has 1 atom stereocenters. The second-order valence-electron chi connectivity index (χ2n) is 6.76. The van der Waals surface area contributed by atoms with Gasteiger partial charge in [0.15, 0.2) is 0 Å². The molecular weight excluding hydrogens is 290 g/mol. The van der Waals surface area contributed by atoms with Gasteiger partial charge < -0.3 is 15.5 Å². The van der Waals surface area contributed by atoms with Crippen LogP contribution in [0.3, 0.4) is 0 Å². The molecule has 0 radical (unpaired) electrons. The van der Waals surface area contributed by atoms with E-state index < -0.39 is 5.60 Å². The molecule has 1 aromatic rings. The van der Waals surface area contributed by atoms with E-state index in [-0.39, 0.29) is 18.1 Å². The number of amides is 1. The van der Waals surface area contributed by atoms with E-state index in [4.69, 9.17) is 0 Å². The number of nitrogens with one attached hydrogen (secondary N) is 1. The van der Waals surface area contributed by atoms with Crippen molar-refractivity contribution in [2.45, 2.75) is 57.8 Å². The highest BCUT2D eigenvalue weighted by molar-refractivity contribution is 5.94. The Kier molecular flexibility index (Phi) is 5.46. The van der Waals surface area contributed by atoms with Gasteiger partial charge in [0.1, 0.15) is 5.60 Å². The Morgan fingerprint density at radius 3 is 2.70 bits per heavy atom. The Bertz CT molecular complexity index is 615. The van der Waals surface area contributed by atoms with Crippen LogP contribution in [0.15, 0.2) is 24.3 Å². The van der Waals surface area contributed by atoms with Crippen molar-refractivity contribution in [1.82, 2.24) is 5.32 Å². The van der Waals surface area contributed by atoms with Gasteiger partial charge in [-0.15, -0.1) is 0 Å². The lowest BCUT2D eigenvalue weighted by molar-refractivity contribution is 0.0232. The van der Waals surface area contributed by atoms with Crippen LogP contribution in [-0.4, -0.2) is 33.9 Å². The maximum atomic E-state index is 12.4. The molecule has 1 unspecified atom stereocenters. The standard InChI is InChI=1S/C19H25NO3/c1-4-17(15-11-16(21)12-15)20-18(22)14-7-5-6-13(10-14)8-9-19(2,3)23/h5-7,10,15-17,21,23H,4,11-12H2,1-3H3,(H,20,22). The van der Waals surface area contributed by atoms with Crippen molar-refractivity contribution in [2.24, 2.45) is 5.92 Å².